The van der Waals surface area contributed by atoms with Gasteiger partial charge in [0.15, 0.2) is 18.9 Å². The van der Waals surface area contributed by atoms with Crippen LogP contribution in [0.3, 0.4) is 0 Å². The summed E-state index contributed by atoms with van der Waals surface area (Å²) in [7, 11) is 0. The van der Waals surface area contributed by atoms with Gasteiger partial charge in [-0.15, -0.1) is 0 Å². The van der Waals surface area contributed by atoms with Crippen molar-refractivity contribution in [2.45, 2.75) is 433 Å². The van der Waals surface area contributed by atoms with E-state index in [2.05, 4.69) is 43.5 Å². The predicted molar refractivity (Wildman–Crippen MR) is 388 cm³/mol. The highest BCUT2D eigenvalue weighted by Crippen LogP contribution is 2.33. The lowest BCUT2D eigenvalue weighted by atomic mass is 9.96. The summed E-state index contributed by atoms with van der Waals surface area (Å²) in [4.78, 5) is 13.4. The van der Waals surface area contributed by atoms with E-state index in [1.165, 1.54) is 250 Å². The Bertz CT molecular complexity index is 1910. The third-order valence-corrected chi connectivity index (χ3v) is 20.2. The van der Waals surface area contributed by atoms with Gasteiger partial charge in [-0.2, -0.15) is 0 Å². The van der Waals surface area contributed by atoms with Crippen molar-refractivity contribution in [2.75, 3.05) is 26.4 Å². The molecule has 19 nitrogen and oxygen atoms in total. The lowest BCUT2D eigenvalue weighted by Crippen LogP contribution is -2.66. The topological polar surface area (TPSA) is 307 Å². The molecule has 3 aliphatic heterocycles. The van der Waals surface area contributed by atoms with Crippen LogP contribution in [0.2, 0.25) is 0 Å². The Kier molecular flexibility index (Phi) is 55.5. The summed E-state index contributed by atoms with van der Waals surface area (Å²) in [5.74, 6) is -0.269. The molecule has 0 aliphatic carbocycles. The van der Waals surface area contributed by atoms with E-state index in [9.17, 15) is 61.0 Å². The average molecular weight is 1400 g/mol. The molecule has 12 N–H and O–H groups in total. The first-order chi connectivity index (χ1) is 47.8. The normalized spacial score (nSPS) is 26.9. The minimum absolute atomic E-state index is 0.248. The second-order valence-electron chi connectivity index (χ2n) is 28.9. The van der Waals surface area contributed by atoms with Crippen molar-refractivity contribution < 1.29 is 89.4 Å². The molecule has 3 fully saturated rings. The minimum atomic E-state index is -1.98. The molecule has 3 saturated heterocycles. The van der Waals surface area contributed by atoms with Crippen LogP contribution >= 0.6 is 0 Å². The van der Waals surface area contributed by atoms with Gasteiger partial charge in [0, 0.05) is 6.42 Å². The quantitative estimate of drug-likeness (QED) is 0.0199. The molecule has 17 atom stereocenters. The molecular weight excluding hydrogens is 1250 g/mol. The molecule has 19 heteroatoms. The van der Waals surface area contributed by atoms with Crippen LogP contribution in [-0.4, -0.2) is 193 Å². The SMILES string of the molecule is CCCCCCC/C=C\C/C=C\CCCCCCCCCCCCCCCCCCCCCCCCCCCC(=O)NC(COC1OC(CO)C(OC2OC(CO)C(OC3OC(CO)C(O)C(O)C3O)C(O)C2O)C(O)C1O)C(O)/C=C/CCCCCCCCCCCCCCCC. The number of aliphatic hydroxyl groups excluding tert-OH is 11. The number of ether oxygens (including phenoxy) is 6. The van der Waals surface area contributed by atoms with E-state index in [4.69, 9.17) is 28.4 Å². The predicted octanol–water partition coefficient (Wildman–Crippen LogP) is 13.1. The molecular formula is C79H147NO18. The Morgan fingerprint density at radius 3 is 1.04 bits per heavy atom. The minimum Gasteiger partial charge on any atom is -0.394 e. The number of rotatable bonds is 64. The van der Waals surface area contributed by atoms with Gasteiger partial charge in [0.05, 0.1) is 38.6 Å². The van der Waals surface area contributed by atoms with Gasteiger partial charge in [0.1, 0.15) is 73.2 Å². The fourth-order valence-corrected chi connectivity index (χ4v) is 13.7. The van der Waals surface area contributed by atoms with Crippen LogP contribution in [0.25, 0.3) is 0 Å². The van der Waals surface area contributed by atoms with Gasteiger partial charge >= 0.3 is 0 Å². The maximum Gasteiger partial charge on any atom is 0.220 e. The third-order valence-electron chi connectivity index (χ3n) is 20.2. The first-order valence-electron chi connectivity index (χ1n) is 40.2. The summed E-state index contributed by atoms with van der Waals surface area (Å²) in [5, 5.41) is 121. The van der Waals surface area contributed by atoms with Gasteiger partial charge in [0.2, 0.25) is 5.91 Å². The van der Waals surface area contributed by atoms with Gasteiger partial charge in [-0.3, -0.25) is 4.79 Å². The van der Waals surface area contributed by atoms with Crippen LogP contribution < -0.4 is 5.32 Å². The van der Waals surface area contributed by atoms with E-state index in [1.807, 2.05) is 6.08 Å². The van der Waals surface area contributed by atoms with Gasteiger partial charge in [-0.25, -0.2) is 0 Å². The van der Waals surface area contributed by atoms with Gasteiger partial charge in [-0.05, 0) is 51.4 Å². The van der Waals surface area contributed by atoms with Gasteiger partial charge in [-0.1, -0.05) is 307 Å². The largest absolute Gasteiger partial charge is 0.394 e. The number of hydrogen-bond acceptors (Lipinski definition) is 18. The molecule has 0 aromatic heterocycles. The number of hydrogen-bond donors (Lipinski definition) is 12. The van der Waals surface area contributed by atoms with Crippen molar-refractivity contribution in [3.05, 3.63) is 36.5 Å². The van der Waals surface area contributed by atoms with Crippen LogP contribution in [0.4, 0.5) is 0 Å². The fourth-order valence-electron chi connectivity index (χ4n) is 13.7. The lowest BCUT2D eigenvalue weighted by Gasteiger charge is -2.48. The highest BCUT2D eigenvalue weighted by Gasteiger charge is 2.54. The third kappa shape index (κ3) is 40.3. The summed E-state index contributed by atoms with van der Waals surface area (Å²) in [6, 6.07) is -0.971. The first kappa shape index (κ1) is 90.2. The summed E-state index contributed by atoms with van der Waals surface area (Å²) >= 11 is 0. The number of allylic oxidation sites excluding steroid dienone is 5. The molecule has 576 valence electrons. The van der Waals surface area contributed by atoms with Crippen LogP contribution in [0.5, 0.6) is 0 Å². The van der Waals surface area contributed by atoms with E-state index in [1.54, 1.807) is 6.08 Å². The molecule has 0 aromatic carbocycles. The molecule has 0 spiro atoms. The van der Waals surface area contributed by atoms with Crippen molar-refractivity contribution in [3.63, 3.8) is 0 Å². The monoisotopic (exact) mass is 1400 g/mol. The zero-order valence-electron chi connectivity index (χ0n) is 61.5. The van der Waals surface area contributed by atoms with Crippen molar-refractivity contribution in [2.24, 2.45) is 0 Å². The van der Waals surface area contributed by atoms with Crippen molar-refractivity contribution in [1.82, 2.24) is 5.32 Å². The molecule has 0 saturated carbocycles. The lowest BCUT2D eigenvalue weighted by molar-refractivity contribution is -0.379. The molecule has 3 aliphatic rings. The number of aliphatic hydroxyl groups is 11. The first-order valence-corrected chi connectivity index (χ1v) is 40.2. The van der Waals surface area contributed by atoms with Crippen LogP contribution in [0.1, 0.15) is 328 Å². The zero-order valence-corrected chi connectivity index (χ0v) is 61.5. The van der Waals surface area contributed by atoms with E-state index < -0.39 is 124 Å². The number of carbonyl (C=O) groups excluding carboxylic acids is 1. The van der Waals surface area contributed by atoms with Crippen molar-refractivity contribution in [3.8, 4) is 0 Å². The summed E-state index contributed by atoms with van der Waals surface area (Å²) in [6.07, 6.45) is 47.2. The molecule has 0 bridgehead atoms. The van der Waals surface area contributed by atoms with E-state index in [0.717, 1.165) is 51.4 Å². The molecule has 0 radical (unpaired) electrons. The molecule has 98 heavy (non-hydrogen) atoms. The maximum atomic E-state index is 13.4. The standard InChI is InChI=1S/C79H147NO18/c1-3-5-7-9-11-13-15-17-19-21-22-23-24-25-26-27-28-29-30-31-32-33-34-35-36-37-38-39-40-41-43-45-47-49-51-53-55-57-67(85)80-62(63(84)56-54-52-50-48-46-44-42-20-18-16-14-12-10-8-6-4-2)61-93-77-73(91)70(88)75(65(59-82)95-77)98-79-74(92)71(89)76(66(60-83)96-79)97-78-72(90)69(87)68(86)64(58-81)94-78/h15,17,21-22,54,56,62-66,68-79,81-84,86-92H,3-14,16,18-20,23-53,55,57-61H2,1-2H3,(H,80,85)/b17-15-,22-21-,56-54+. The molecule has 0 aromatic rings. The van der Waals surface area contributed by atoms with Crippen molar-refractivity contribution in [1.29, 1.82) is 0 Å². The van der Waals surface area contributed by atoms with Gasteiger partial charge in [0.25, 0.3) is 0 Å². The zero-order chi connectivity index (χ0) is 71.1. The Labute approximate surface area is 593 Å². The Morgan fingerprint density at radius 2 is 0.673 bits per heavy atom. The van der Waals surface area contributed by atoms with Crippen LogP contribution in [-0.2, 0) is 33.2 Å². The Balaban J connectivity index is 1.31. The highest BCUT2D eigenvalue weighted by atomic mass is 16.8. The highest BCUT2D eigenvalue weighted by molar-refractivity contribution is 5.76. The Hall–Kier alpha value is -1.99. The fraction of sp³-hybridized carbons (Fsp3) is 0.911. The number of carbonyl (C=O) groups is 1. The van der Waals surface area contributed by atoms with Crippen LogP contribution in [0.15, 0.2) is 36.5 Å². The molecule has 1 amide bonds. The van der Waals surface area contributed by atoms with Gasteiger partial charge < -0.3 is 89.9 Å². The average Bonchev–Trinajstić information content (AvgIpc) is 0.784. The van der Waals surface area contributed by atoms with E-state index >= 15 is 0 Å². The second-order valence-corrected chi connectivity index (χ2v) is 28.9. The van der Waals surface area contributed by atoms with E-state index in [-0.39, 0.29) is 18.9 Å². The van der Waals surface area contributed by atoms with Crippen molar-refractivity contribution >= 4 is 5.91 Å². The number of amides is 1. The Morgan fingerprint density at radius 1 is 0.367 bits per heavy atom. The molecule has 3 heterocycles. The maximum absolute atomic E-state index is 13.4. The second kappa shape index (κ2) is 60.3. The number of nitrogens with one attached hydrogen (secondary N) is 1. The van der Waals surface area contributed by atoms with Crippen LogP contribution in [0, 0.1) is 0 Å². The molecule has 17 unspecified atom stereocenters. The summed E-state index contributed by atoms with van der Waals surface area (Å²) < 4.78 is 34.4. The summed E-state index contributed by atoms with van der Waals surface area (Å²) in [6.45, 7) is 1.76. The summed E-state index contributed by atoms with van der Waals surface area (Å²) in [5.41, 5.74) is 0. The molecule has 3 rings (SSSR count). The smallest absolute Gasteiger partial charge is 0.220 e. The number of unbranched alkanes of at least 4 members (excludes halogenated alkanes) is 44. The van der Waals surface area contributed by atoms with E-state index in [0.29, 0.717) is 6.42 Å².